The van der Waals surface area contributed by atoms with Crippen LogP contribution in [0.4, 0.5) is 5.69 Å². The molecule has 0 unspecified atom stereocenters. The normalized spacial score (nSPS) is 10.9. The molecule has 0 aliphatic carbocycles. The van der Waals surface area contributed by atoms with Crippen LogP contribution in [0, 0.1) is 0 Å². The van der Waals surface area contributed by atoms with E-state index < -0.39 is 0 Å². The molecule has 0 saturated carbocycles. The largest absolute Gasteiger partial charge is 0.383 e. The van der Waals surface area contributed by atoms with Crippen molar-refractivity contribution in [3.05, 3.63) is 35.5 Å². The van der Waals surface area contributed by atoms with Crippen molar-refractivity contribution in [1.29, 1.82) is 0 Å². The average molecular weight is 295 g/mol. The highest BCUT2D eigenvalue weighted by atomic mass is 35.5. The maximum atomic E-state index is 6.16. The van der Waals surface area contributed by atoms with Gasteiger partial charge in [-0.25, -0.2) is 0 Å². The van der Waals surface area contributed by atoms with E-state index in [1.807, 2.05) is 24.3 Å². The van der Waals surface area contributed by atoms with E-state index in [1.165, 1.54) is 0 Å². The van der Waals surface area contributed by atoms with Crippen molar-refractivity contribution in [3.63, 3.8) is 0 Å². The van der Waals surface area contributed by atoms with Gasteiger partial charge in [0.1, 0.15) is 0 Å². The molecule has 1 aromatic carbocycles. The topological polar surface area (TPSA) is 43.4 Å². The van der Waals surface area contributed by atoms with E-state index in [2.05, 4.69) is 10.3 Å². The Balaban J connectivity index is 1.86. The van der Waals surface area contributed by atoms with E-state index in [4.69, 9.17) is 21.1 Å². The number of nitrogens with one attached hydrogen (secondary N) is 1. The van der Waals surface area contributed by atoms with Crippen LogP contribution in [0.25, 0.3) is 10.9 Å². The number of ether oxygens (including phenoxy) is 2. The molecule has 2 aromatic rings. The molecule has 5 heteroatoms. The smallest absolute Gasteiger partial charge is 0.0948 e. The number of halogens is 1. The number of hydrogen-bond acceptors (Lipinski definition) is 4. The van der Waals surface area contributed by atoms with Gasteiger partial charge in [0.2, 0.25) is 0 Å². The Bertz CT molecular complexity index is 548. The van der Waals surface area contributed by atoms with E-state index in [-0.39, 0.29) is 0 Å². The Kier molecular flexibility index (Phi) is 6.05. The summed E-state index contributed by atoms with van der Waals surface area (Å²) in [6.45, 7) is 2.83. The summed E-state index contributed by atoms with van der Waals surface area (Å²) in [4.78, 5) is 4.39. The minimum absolute atomic E-state index is 0.638. The summed E-state index contributed by atoms with van der Waals surface area (Å²) in [6.07, 6.45) is 2.71. The van der Waals surface area contributed by atoms with Crippen LogP contribution >= 0.6 is 11.6 Å². The first-order valence-corrected chi connectivity index (χ1v) is 7.04. The molecule has 0 fully saturated rings. The van der Waals surface area contributed by atoms with Crippen LogP contribution in [0.5, 0.6) is 0 Å². The lowest BCUT2D eigenvalue weighted by Gasteiger charge is -2.10. The Morgan fingerprint density at radius 1 is 1.20 bits per heavy atom. The van der Waals surface area contributed by atoms with Crippen LogP contribution in [0.3, 0.4) is 0 Å². The molecule has 20 heavy (non-hydrogen) atoms. The number of benzene rings is 1. The van der Waals surface area contributed by atoms with Gasteiger partial charge in [-0.15, -0.1) is 0 Å². The first kappa shape index (κ1) is 15.0. The summed E-state index contributed by atoms with van der Waals surface area (Å²) >= 11 is 6.16. The van der Waals surface area contributed by atoms with Crippen molar-refractivity contribution in [1.82, 2.24) is 4.98 Å². The number of nitrogens with zero attached hydrogens (tertiary/aromatic N) is 1. The van der Waals surface area contributed by atoms with Gasteiger partial charge in [-0.05, 0) is 30.7 Å². The highest BCUT2D eigenvalue weighted by Crippen LogP contribution is 2.27. The lowest BCUT2D eigenvalue weighted by Crippen LogP contribution is -2.08. The number of anilines is 1. The third kappa shape index (κ3) is 4.07. The molecule has 0 amide bonds. The zero-order chi connectivity index (χ0) is 14.2. The summed E-state index contributed by atoms with van der Waals surface area (Å²) in [5, 5.41) is 5.07. The van der Waals surface area contributed by atoms with E-state index in [0.717, 1.165) is 41.2 Å². The Hall–Kier alpha value is -1.36. The number of hydrogen-bond donors (Lipinski definition) is 1. The van der Waals surface area contributed by atoms with Crippen molar-refractivity contribution >= 4 is 28.2 Å². The van der Waals surface area contributed by atoms with Gasteiger partial charge in [0.25, 0.3) is 0 Å². The lowest BCUT2D eigenvalue weighted by molar-refractivity contribution is 0.0705. The predicted octanol–water partition coefficient (Wildman–Crippen LogP) is 3.35. The van der Waals surface area contributed by atoms with Gasteiger partial charge in [-0.1, -0.05) is 11.6 Å². The van der Waals surface area contributed by atoms with Crippen LogP contribution in [-0.4, -0.2) is 38.5 Å². The van der Waals surface area contributed by atoms with Gasteiger partial charge in [0, 0.05) is 31.8 Å². The molecule has 0 radical (unpaired) electrons. The highest BCUT2D eigenvalue weighted by molar-refractivity contribution is 6.35. The second-order valence-corrected chi connectivity index (χ2v) is 4.79. The maximum Gasteiger partial charge on any atom is 0.0948 e. The van der Waals surface area contributed by atoms with E-state index in [0.29, 0.717) is 13.2 Å². The molecule has 4 nitrogen and oxygen atoms in total. The van der Waals surface area contributed by atoms with Crippen LogP contribution < -0.4 is 5.32 Å². The van der Waals surface area contributed by atoms with Crippen molar-refractivity contribution in [2.75, 3.05) is 38.8 Å². The van der Waals surface area contributed by atoms with Crippen molar-refractivity contribution in [2.45, 2.75) is 6.42 Å². The first-order chi connectivity index (χ1) is 9.83. The minimum atomic E-state index is 0.638. The molecule has 1 heterocycles. The maximum absolute atomic E-state index is 6.16. The van der Waals surface area contributed by atoms with Crippen LogP contribution in [-0.2, 0) is 9.47 Å². The number of rotatable bonds is 8. The van der Waals surface area contributed by atoms with Gasteiger partial charge in [-0.3, -0.25) is 4.98 Å². The van der Waals surface area contributed by atoms with Crippen LogP contribution in [0.1, 0.15) is 6.42 Å². The zero-order valence-electron chi connectivity index (χ0n) is 11.6. The van der Waals surface area contributed by atoms with Crippen LogP contribution in [0.15, 0.2) is 30.5 Å². The SMILES string of the molecule is COCCOCCCNc1ccc(Cl)c2cccnc12. The van der Waals surface area contributed by atoms with Gasteiger partial charge < -0.3 is 14.8 Å². The number of methoxy groups -OCH3 is 1. The Labute approximate surface area is 124 Å². The van der Waals surface area contributed by atoms with E-state index in [9.17, 15) is 0 Å². The van der Waals surface area contributed by atoms with E-state index in [1.54, 1.807) is 13.3 Å². The number of aromatic nitrogens is 1. The Morgan fingerprint density at radius 2 is 2.10 bits per heavy atom. The second-order valence-electron chi connectivity index (χ2n) is 4.38. The molecule has 0 aliphatic rings. The van der Waals surface area contributed by atoms with Crippen molar-refractivity contribution in [3.8, 4) is 0 Å². The molecule has 0 spiro atoms. The third-order valence-corrected chi connectivity index (χ3v) is 3.26. The molecule has 0 saturated heterocycles. The fourth-order valence-corrected chi connectivity index (χ4v) is 2.14. The fourth-order valence-electron chi connectivity index (χ4n) is 1.92. The lowest BCUT2D eigenvalue weighted by atomic mass is 10.2. The monoisotopic (exact) mass is 294 g/mol. The summed E-state index contributed by atoms with van der Waals surface area (Å²) < 4.78 is 10.3. The van der Waals surface area contributed by atoms with Crippen LogP contribution in [0.2, 0.25) is 5.02 Å². The average Bonchev–Trinajstić information content (AvgIpc) is 2.49. The summed E-state index contributed by atoms with van der Waals surface area (Å²) in [5.41, 5.74) is 1.90. The number of fused-ring (bicyclic) bond motifs is 1. The highest BCUT2D eigenvalue weighted by Gasteiger charge is 2.04. The molecule has 1 N–H and O–H groups in total. The molecule has 0 atom stereocenters. The molecule has 2 rings (SSSR count). The molecule has 1 aromatic heterocycles. The predicted molar refractivity (Wildman–Crippen MR) is 82.6 cm³/mol. The van der Waals surface area contributed by atoms with Gasteiger partial charge >= 0.3 is 0 Å². The van der Waals surface area contributed by atoms with Crippen molar-refractivity contribution < 1.29 is 9.47 Å². The molecule has 108 valence electrons. The van der Waals surface area contributed by atoms with Gasteiger partial charge in [0.15, 0.2) is 0 Å². The Morgan fingerprint density at radius 3 is 2.95 bits per heavy atom. The first-order valence-electron chi connectivity index (χ1n) is 6.66. The van der Waals surface area contributed by atoms with Gasteiger partial charge in [0.05, 0.1) is 29.4 Å². The van der Waals surface area contributed by atoms with Gasteiger partial charge in [-0.2, -0.15) is 0 Å². The molecular formula is C15H19ClN2O2. The molecule has 0 bridgehead atoms. The standard InChI is InChI=1S/C15H19ClN2O2/c1-19-10-11-20-9-3-8-17-14-6-5-13(16)12-4-2-7-18-15(12)14/h2,4-7,17H,3,8-11H2,1H3. The second kappa shape index (κ2) is 8.04. The fraction of sp³-hybridized carbons (Fsp3) is 0.400. The number of pyridine rings is 1. The summed E-state index contributed by atoms with van der Waals surface area (Å²) in [7, 11) is 1.67. The minimum Gasteiger partial charge on any atom is -0.383 e. The quantitative estimate of drug-likeness (QED) is 0.758. The molecular weight excluding hydrogens is 276 g/mol. The summed E-state index contributed by atoms with van der Waals surface area (Å²) in [5.74, 6) is 0. The zero-order valence-corrected chi connectivity index (χ0v) is 12.3. The van der Waals surface area contributed by atoms with Crippen molar-refractivity contribution in [2.24, 2.45) is 0 Å². The van der Waals surface area contributed by atoms with E-state index >= 15 is 0 Å². The molecule has 0 aliphatic heterocycles. The summed E-state index contributed by atoms with van der Waals surface area (Å²) in [6, 6.07) is 7.72. The third-order valence-electron chi connectivity index (χ3n) is 2.93.